The first-order valence-electron chi connectivity index (χ1n) is 8.04. The lowest BCUT2D eigenvalue weighted by molar-refractivity contribution is -0.0387. The Morgan fingerprint density at radius 2 is 1.88 bits per heavy atom. The third-order valence-corrected chi connectivity index (χ3v) is 4.60. The molecule has 0 radical (unpaired) electrons. The Kier molecular flexibility index (Phi) is 4.83. The minimum Gasteiger partial charge on any atom is -0.497 e. The Balaban J connectivity index is 1.80. The summed E-state index contributed by atoms with van der Waals surface area (Å²) in [4.78, 5) is 1.89. The summed E-state index contributed by atoms with van der Waals surface area (Å²) < 4.78 is 33.0. The molecule has 2 aromatic carbocycles. The van der Waals surface area contributed by atoms with Crippen molar-refractivity contribution in [1.82, 2.24) is 4.90 Å². The van der Waals surface area contributed by atoms with Gasteiger partial charge in [-0.05, 0) is 49.2 Å². The topological polar surface area (TPSA) is 32.7 Å². The van der Waals surface area contributed by atoms with E-state index in [1.54, 1.807) is 7.11 Å². The van der Waals surface area contributed by atoms with E-state index in [0.717, 1.165) is 12.0 Å². The predicted octanol–water partition coefficient (Wildman–Crippen LogP) is 3.46. The lowest BCUT2D eigenvalue weighted by atomic mass is 9.85. The summed E-state index contributed by atoms with van der Waals surface area (Å²) in [7, 11) is 1.58. The van der Waals surface area contributed by atoms with Crippen LogP contribution < -0.4 is 4.74 Å². The number of halogens is 2. The number of likely N-dealkylation sites (tertiary alicyclic amines) is 1. The molecule has 1 fully saturated rings. The second-order valence-electron chi connectivity index (χ2n) is 6.28. The highest BCUT2D eigenvalue weighted by Gasteiger charge is 2.35. The van der Waals surface area contributed by atoms with E-state index in [2.05, 4.69) is 0 Å². The number of ether oxygens (including phenoxy) is 1. The maximum atomic E-state index is 13.9. The van der Waals surface area contributed by atoms with E-state index in [9.17, 15) is 13.9 Å². The largest absolute Gasteiger partial charge is 0.497 e. The van der Waals surface area contributed by atoms with Crippen LogP contribution in [-0.2, 0) is 12.1 Å². The molecular weight excluding hydrogens is 312 g/mol. The van der Waals surface area contributed by atoms with E-state index < -0.39 is 17.2 Å². The highest BCUT2D eigenvalue weighted by Crippen LogP contribution is 2.34. The average molecular weight is 333 g/mol. The summed E-state index contributed by atoms with van der Waals surface area (Å²) in [6, 6.07) is 11.2. The van der Waals surface area contributed by atoms with E-state index in [1.807, 2.05) is 29.2 Å². The third-order valence-electron chi connectivity index (χ3n) is 4.60. The first-order valence-corrected chi connectivity index (χ1v) is 8.04. The van der Waals surface area contributed by atoms with Gasteiger partial charge in [-0.25, -0.2) is 8.78 Å². The lowest BCUT2D eigenvalue weighted by Gasteiger charge is -2.39. The molecule has 0 saturated carbocycles. The molecule has 1 aliphatic rings. The van der Waals surface area contributed by atoms with Crippen molar-refractivity contribution in [1.29, 1.82) is 0 Å². The van der Waals surface area contributed by atoms with Crippen molar-refractivity contribution in [2.75, 3.05) is 20.2 Å². The van der Waals surface area contributed by atoms with Gasteiger partial charge in [0.2, 0.25) is 0 Å². The van der Waals surface area contributed by atoms with Crippen LogP contribution in [0, 0.1) is 11.6 Å². The molecule has 3 rings (SSSR count). The first-order chi connectivity index (χ1) is 11.5. The van der Waals surface area contributed by atoms with Crippen LogP contribution in [0.4, 0.5) is 8.78 Å². The van der Waals surface area contributed by atoms with Crippen LogP contribution in [0.1, 0.15) is 24.0 Å². The molecule has 0 amide bonds. The Morgan fingerprint density at radius 3 is 2.58 bits per heavy atom. The van der Waals surface area contributed by atoms with E-state index in [-0.39, 0.29) is 12.1 Å². The third kappa shape index (κ3) is 3.42. The maximum absolute atomic E-state index is 13.9. The molecule has 2 aromatic rings. The zero-order valence-corrected chi connectivity index (χ0v) is 13.6. The molecule has 0 bridgehead atoms. The second kappa shape index (κ2) is 6.87. The molecule has 128 valence electrons. The van der Waals surface area contributed by atoms with Gasteiger partial charge in [0.15, 0.2) is 0 Å². The van der Waals surface area contributed by atoms with Crippen molar-refractivity contribution >= 4 is 0 Å². The molecule has 3 nitrogen and oxygen atoms in total. The van der Waals surface area contributed by atoms with Crippen molar-refractivity contribution in [2.45, 2.75) is 25.0 Å². The minimum atomic E-state index is -1.05. The lowest BCUT2D eigenvalue weighted by Crippen LogP contribution is -2.45. The predicted molar refractivity (Wildman–Crippen MR) is 87.8 cm³/mol. The van der Waals surface area contributed by atoms with Crippen LogP contribution in [0.25, 0.3) is 0 Å². The van der Waals surface area contributed by atoms with E-state index in [1.165, 1.54) is 18.2 Å². The number of nitrogens with zero attached hydrogens (tertiary/aromatic N) is 1. The van der Waals surface area contributed by atoms with Gasteiger partial charge < -0.3 is 9.84 Å². The van der Waals surface area contributed by atoms with E-state index in [4.69, 9.17) is 4.74 Å². The van der Waals surface area contributed by atoms with E-state index in [0.29, 0.717) is 25.3 Å². The smallest absolute Gasteiger partial charge is 0.130 e. The Bertz CT molecular complexity index is 702. The zero-order chi connectivity index (χ0) is 17.2. The maximum Gasteiger partial charge on any atom is 0.130 e. The summed E-state index contributed by atoms with van der Waals surface area (Å²) in [6.45, 7) is 1.17. The number of benzene rings is 2. The molecular formula is C19H21F2NO2. The minimum absolute atomic E-state index is 0.0485. The molecule has 24 heavy (non-hydrogen) atoms. The normalized spacial score (nSPS) is 21.7. The van der Waals surface area contributed by atoms with Gasteiger partial charge in [0.25, 0.3) is 0 Å². The number of piperidine rings is 1. The van der Waals surface area contributed by atoms with Gasteiger partial charge in [0.1, 0.15) is 23.0 Å². The van der Waals surface area contributed by atoms with Crippen molar-refractivity contribution in [3.63, 3.8) is 0 Å². The van der Waals surface area contributed by atoms with Gasteiger partial charge in [0, 0.05) is 18.7 Å². The monoisotopic (exact) mass is 333 g/mol. The van der Waals surface area contributed by atoms with Crippen molar-refractivity contribution < 1.29 is 18.6 Å². The molecule has 1 unspecified atom stereocenters. The average Bonchev–Trinajstić information content (AvgIpc) is 2.58. The van der Waals surface area contributed by atoms with Crippen molar-refractivity contribution in [2.24, 2.45) is 0 Å². The van der Waals surface area contributed by atoms with E-state index >= 15 is 0 Å². The van der Waals surface area contributed by atoms with Gasteiger partial charge in [0.05, 0.1) is 7.11 Å². The number of rotatable bonds is 4. The fraction of sp³-hybridized carbons (Fsp3) is 0.368. The molecule has 1 atom stereocenters. The van der Waals surface area contributed by atoms with Gasteiger partial charge in [-0.15, -0.1) is 0 Å². The Morgan fingerprint density at radius 1 is 1.17 bits per heavy atom. The van der Waals surface area contributed by atoms with Crippen LogP contribution in [0.3, 0.4) is 0 Å². The van der Waals surface area contributed by atoms with Gasteiger partial charge in [-0.3, -0.25) is 4.90 Å². The molecule has 0 spiro atoms. The SMILES string of the molecule is COc1cccc(C2(O)CCCN(Cc3c(F)cccc3F)C2)c1. The summed E-state index contributed by atoms with van der Waals surface area (Å²) in [5.41, 5.74) is -0.234. The number of β-amino-alcohol motifs (C(OH)–C–C–N with tert-alkyl or cyclic N) is 1. The van der Waals surface area contributed by atoms with Crippen molar-refractivity contribution in [3.8, 4) is 5.75 Å². The van der Waals surface area contributed by atoms with Crippen LogP contribution in [-0.4, -0.2) is 30.2 Å². The van der Waals surface area contributed by atoms with Crippen LogP contribution in [0.15, 0.2) is 42.5 Å². The highest BCUT2D eigenvalue weighted by molar-refractivity contribution is 5.33. The molecule has 0 aliphatic carbocycles. The quantitative estimate of drug-likeness (QED) is 0.930. The molecule has 1 N–H and O–H groups in total. The van der Waals surface area contributed by atoms with Gasteiger partial charge in [-0.1, -0.05) is 18.2 Å². The molecule has 1 heterocycles. The van der Waals surface area contributed by atoms with Crippen LogP contribution >= 0.6 is 0 Å². The standard InChI is InChI=1S/C19H21F2NO2/c1-24-15-6-2-5-14(11-15)19(23)9-4-10-22(13-19)12-16-17(20)7-3-8-18(16)21/h2-3,5-8,11,23H,4,9-10,12-13H2,1H3. The number of hydrogen-bond acceptors (Lipinski definition) is 3. The summed E-state index contributed by atoms with van der Waals surface area (Å²) in [6.07, 6.45) is 1.36. The Labute approximate surface area is 140 Å². The van der Waals surface area contributed by atoms with Gasteiger partial charge >= 0.3 is 0 Å². The van der Waals surface area contributed by atoms with Crippen LogP contribution in [0.2, 0.25) is 0 Å². The molecule has 1 aliphatic heterocycles. The molecule has 5 heteroatoms. The van der Waals surface area contributed by atoms with Gasteiger partial charge in [-0.2, -0.15) is 0 Å². The van der Waals surface area contributed by atoms with Crippen molar-refractivity contribution in [3.05, 3.63) is 65.2 Å². The number of methoxy groups -OCH3 is 1. The highest BCUT2D eigenvalue weighted by atomic mass is 19.1. The Hall–Kier alpha value is -1.98. The fourth-order valence-corrected chi connectivity index (χ4v) is 3.31. The first kappa shape index (κ1) is 16.9. The van der Waals surface area contributed by atoms with Crippen LogP contribution in [0.5, 0.6) is 5.75 Å². The zero-order valence-electron chi connectivity index (χ0n) is 13.6. The summed E-state index contributed by atoms with van der Waals surface area (Å²) in [5.74, 6) is -0.422. The summed E-state index contributed by atoms with van der Waals surface area (Å²) in [5, 5.41) is 11.1. The second-order valence-corrected chi connectivity index (χ2v) is 6.28. The summed E-state index contributed by atoms with van der Waals surface area (Å²) >= 11 is 0. The fourth-order valence-electron chi connectivity index (χ4n) is 3.31. The number of hydrogen-bond donors (Lipinski definition) is 1. The molecule has 0 aromatic heterocycles. The molecule has 1 saturated heterocycles. The number of aliphatic hydroxyl groups is 1.